The first-order chi connectivity index (χ1) is 12.5. The number of nitrogens with one attached hydrogen (secondary N) is 1. The molecule has 2 aromatic heterocycles. The minimum atomic E-state index is -0.473. The Kier molecular flexibility index (Phi) is 5.18. The van der Waals surface area contributed by atoms with E-state index in [1.165, 1.54) is 24.5 Å². The van der Waals surface area contributed by atoms with Gasteiger partial charge in [-0.1, -0.05) is 6.07 Å². The fraction of sp³-hybridized carbons (Fsp3) is 0. The molecule has 0 saturated heterocycles. The van der Waals surface area contributed by atoms with Gasteiger partial charge in [0.15, 0.2) is 0 Å². The summed E-state index contributed by atoms with van der Waals surface area (Å²) in [5, 5.41) is 14.6. The van der Waals surface area contributed by atoms with Crippen molar-refractivity contribution in [1.29, 1.82) is 0 Å². The van der Waals surface area contributed by atoms with Crippen LogP contribution in [-0.2, 0) is 0 Å². The van der Waals surface area contributed by atoms with Gasteiger partial charge in [-0.2, -0.15) is 5.10 Å². The van der Waals surface area contributed by atoms with Crippen LogP contribution in [-0.4, -0.2) is 22.0 Å². The summed E-state index contributed by atoms with van der Waals surface area (Å²) in [6, 6.07) is 12.7. The van der Waals surface area contributed by atoms with Crippen molar-refractivity contribution in [2.24, 2.45) is 5.10 Å². The number of halogens is 1. The van der Waals surface area contributed by atoms with E-state index in [9.17, 15) is 14.9 Å². The Morgan fingerprint density at radius 2 is 2.12 bits per heavy atom. The maximum Gasteiger partial charge on any atom is 0.289 e. The zero-order valence-corrected chi connectivity index (χ0v) is 14.7. The van der Waals surface area contributed by atoms with Gasteiger partial charge >= 0.3 is 0 Å². The van der Waals surface area contributed by atoms with Crippen molar-refractivity contribution < 1.29 is 14.1 Å². The molecule has 2 heterocycles. The number of amides is 1. The van der Waals surface area contributed by atoms with Gasteiger partial charge < -0.3 is 4.42 Å². The van der Waals surface area contributed by atoms with Crippen molar-refractivity contribution in [3.8, 4) is 11.3 Å². The van der Waals surface area contributed by atoms with Crippen molar-refractivity contribution in [3.05, 3.63) is 80.8 Å². The Balaban J connectivity index is 1.70. The minimum absolute atomic E-state index is 0.0220. The van der Waals surface area contributed by atoms with Crippen LogP contribution in [0.1, 0.15) is 16.2 Å². The number of nitro benzene ring substituents is 1. The largest absolute Gasteiger partial charge is 0.455 e. The summed E-state index contributed by atoms with van der Waals surface area (Å²) >= 11 is 3.30. The lowest BCUT2D eigenvalue weighted by Gasteiger charge is -2.00. The average molecular weight is 415 g/mol. The van der Waals surface area contributed by atoms with Crippen molar-refractivity contribution >= 4 is 33.7 Å². The maximum absolute atomic E-state index is 11.8. The van der Waals surface area contributed by atoms with E-state index >= 15 is 0 Å². The molecule has 0 aliphatic rings. The van der Waals surface area contributed by atoms with Gasteiger partial charge in [0.25, 0.3) is 11.6 Å². The Morgan fingerprint density at radius 1 is 1.27 bits per heavy atom. The number of hydrazone groups is 1. The fourth-order valence-electron chi connectivity index (χ4n) is 2.09. The lowest BCUT2D eigenvalue weighted by atomic mass is 10.1. The summed E-state index contributed by atoms with van der Waals surface area (Å²) in [5.41, 5.74) is 3.24. The minimum Gasteiger partial charge on any atom is -0.455 e. The first-order valence-electron chi connectivity index (χ1n) is 7.33. The smallest absolute Gasteiger partial charge is 0.289 e. The van der Waals surface area contributed by atoms with E-state index in [-0.39, 0.29) is 11.4 Å². The van der Waals surface area contributed by atoms with E-state index in [1.807, 2.05) is 0 Å². The van der Waals surface area contributed by atoms with Gasteiger partial charge in [0.05, 0.1) is 11.1 Å². The van der Waals surface area contributed by atoms with E-state index in [0.717, 1.165) is 0 Å². The number of carbonyl (C=O) groups excluding carboxylic acids is 1. The highest BCUT2D eigenvalue weighted by Crippen LogP contribution is 2.32. The topological polar surface area (TPSA) is 111 Å². The van der Waals surface area contributed by atoms with Gasteiger partial charge in [-0.05, 0) is 46.3 Å². The molecule has 9 heteroatoms. The summed E-state index contributed by atoms with van der Waals surface area (Å²) in [6.45, 7) is 0. The third-order valence-corrected chi connectivity index (χ3v) is 3.97. The van der Waals surface area contributed by atoms with Crippen LogP contribution in [0.4, 0.5) is 5.69 Å². The summed E-state index contributed by atoms with van der Waals surface area (Å²) in [6.07, 6.45) is 2.86. The van der Waals surface area contributed by atoms with Crippen molar-refractivity contribution in [2.75, 3.05) is 0 Å². The van der Waals surface area contributed by atoms with Crippen LogP contribution in [0.3, 0.4) is 0 Å². The summed E-state index contributed by atoms with van der Waals surface area (Å²) < 4.78 is 6.16. The maximum atomic E-state index is 11.8. The number of benzene rings is 1. The molecule has 26 heavy (non-hydrogen) atoms. The van der Waals surface area contributed by atoms with Gasteiger partial charge in [-0.25, -0.2) is 5.43 Å². The van der Waals surface area contributed by atoms with Crippen LogP contribution in [0.2, 0.25) is 0 Å². The van der Waals surface area contributed by atoms with E-state index < -0.39 is 10.8 Å². The molecule has 1 aromatic carbocycles. The van der Waals surface area contributed by atoms with E-state index in [4.69, 9.17) is 4.42 Å². The summed E-state index contributed by atoms with van der Waals surface area (Å²) in [7, 11) is 0. The molecule has 0 fully saturated rings. The molecule has 3 rings (SSSR count). The van der Waals surface area contributed by atoms with Gasteiger partial charge in [0.2, 0.25) is 0 Å². The Labute approximate surface area is 155 Å². The number of nitro groups is 1. The number of furan rings is 1. The van der Waals surface area contributed by atoms with Crippen molar-refractivity contribution in [3.63, 3.8) is 0 Å². The highest BCUT2D eigenvalue weighted by Gasteiger charge is 2.13. The first-order valence-corrected chi connectivity index (χ1v) is 8.12. The van der Waals surface area contributed by atoms with Crippen LogP contribution in [0.15, 0.2) is 68.7 Å². The van der Waals surface area contributed by atoms with Gasteiger partial charge in [0.1, 0.15) is 17.2 Å². The van der Waals surface area contributed by atoms with Crippen LogP contribution in [0.5, 0.6) is 0 Å². The molecule has 0 aliphatic heterocycles. The fourth-order valence-corrected chi connectivity index (χ4v) is 2.66. The average Bonchev–Trinajstić information content (AvgIpc) is 3.10. The highest BCUT2D eigenvalue weighted by molar-refractivity contribution is 9.10. The molecule has 0 saturated carbocycles. The molecule has 0 spiro atoms. The highest BCUT2D eigenvalue weighted by atomic mass is 79.9. The quantitative estimate of drug-likeness (QED) is 0.387. The second-order valence-electron chi connectivity index (χ2n) is 5.04. The lowest BCUT2D eigenvalue weighted by molar-refractivity contribution is -0.384. The molecule has 130 valence electrons. The number of non-ortho nitro benzene ring substituents is 1. The van der Waals surface area contributed by atoms with Gasteiger partial charge in [-0.3, -0.25) is 19.9 Å². The summed E-state index contributed by atoms with van der Waals surface area (Å²) in [4.78, 5) is 26.0. The third kappa shape index (κ3) is 4.01. The molecule has 0 atom stereocenters. The molecule has 1 amide bonds. The SMILES string of the molecule is O=C(N/N=C\c1ccc(-c2ccc([N+](=O)[O-])cc2Br)o1)c1ccccn1. The number of rotatable bonds is 5. The molecule has 0 radical (unpaired) electrons. The van der Waals surface area contributed by atoms with Crippen LogP contribution >= 0.6 is 15.9 Å². The molecular formula is C17H11BrN4O4. The van der Waals surface area contributed by atoms with Gasteiger partial charge in [0, 0.05) is 28.4 Å². The first kappa shape index (κ1) is 17.5. The van der Waals surface area contributed by atoms with Crippen LogP contribution in [0.25, 0.3) is 11.3 Å². The molecule has 8 nitrogen and oxygen atoms in total. The molecular weight excluding hydrogens is 404 g/mol. The molecule has 1 N–H and O–H groups in total. The molecule has 0 bridgehead atoms. The van der Waals surface area contributed by atoms with E-state index in [0.29, 0.717) is 21.6 Å². The number of hydrogen-bond acceptors (Lipinski definition) is 6. The number of aromatic nitrogens is 1. The monoisotopic (exact) mass is 414 g/mol. The van der Waals surface area contributed by atoms with Gasteiger partial charge in [-0.15, -0.1) is 0 Å². The zero-order valence-electron chi connectivity index (χ0n) is 13.1. The standard InChI is InChI=1S/C17H11BrN4O4/c18-14-9-11(22(24)25)4-6-13(14)16-7-5-12(26-16)10-20-21-17(23)15-3-1-2-8-19-15/h1-10H,(H,21,23)/b20-10-. The van der Waals surface area contributed by atoms with Crippen molar-refractivity contribution in [2.45, 2.75) is 0 Å². The van der Waals surface area contributed by atoms with Crippen molar-refractivity contribution in [1.82, 2.24) is 10.4 Å². The molecule has 0 unspecified atom stereocenters. The Morgan fingerprint density at radius 3 is 2.81 bits per heavy atom. The number of carbonyl (C=O) groups is 1. The lowest BCUT2D eigenvalue weighted by Crippen LogP contribution is -2.18. The predicted molar refractivity (Wildman–Crippen MR) is 97.8 cm³/mol. The second kappa shape index (κ2) is 7.70. The number of pyridine rings is 1. The zero-order chi connectivity index (χ0) is 18.5. The normalized spacial score (nSPS) is 10.8. The molecule has 3 aromatic rings. The Bertz CT molecular complexity index is 985. The van der Waals surface area contributed by atoms with E-state index in [1.54, 1.807) is 36.4 Å². The second-order valence-corrected chi connectivity index (χ2v) is 5.89. The van der Waals surface area contributed by atoms with Crippen LogP contribution < -0.4 is 5.43 Å². The third-order valence-electron chi connectivity index (χ3n) is 3.31. The van der Waals surface area contributed by atoms with E-state index in [2.05, 4.69) is 31.4 Å². The van der Waals surface area contributed by atoms with Crippen LogP contribution in [0, 0.1) is 10.1 Å². The molecule has 0 aliphatic carbocycles. The number of nitrogens with zero attached hydrogens (tertiary/aromatic N) is 3. The summed E-state index contributed by atoms with van der Waals surface area (Å²) in [5.74, 6) is 0.475. The Hall–Kier alpha value is -3.33. The predicted octanol–water partition coefficient (Wildman–Crippen LogP) is 3.78. The number of hydrogen-bond donors (Lipinski definition) is 1.